The van der Waals surface area contributed by atoms with E-state index in [1.165, 1.54) is 0 Å². The van der Waals surface area contributed by atoms with Gasteiger partial charge in [-0.1, -0.05) is 18.5 Å². The Kier molecular flexibility index (Phi) is 7.57. The first-order chi connectivity index (χ1) is 14.5. The summed E-state index contributed by atoms with van der Waals surface area (Å²) in [7, 11) is 0. The van der Waals surface area contributed by atoms with Gasteiger partial charge in [-0.05, 0) is 62.6 Å². The highest BCUT2D eigenvalue weighted by atomic mass is 35.5. The van der Waals surface area contributed by atoms with Crippen molar-refractivity contribution in [2.24, 2.45) is 0 Å². The highest BCUT2D eigenvalue weighted by Crippen LogP contribution is 2.37. The second-order valence-corrected chi connectivity index (χ2v) is 7.50. The molecule has 2 aromatic rings. The molecule has 1 heterocycles. The van der Waals surface area contributed by atoms with E-state index in [2.05, 4.69) is 5.32 Å². The number of hydrogen-bond donors (Lipinski definition) is 1. The summed E-state index contributed by atoms with van der Waals surface area (Å²) in [4.78, 5) is 27.0. The van der Waals surface area contributed by atoms with Gasteiger partial charge in [0.15, 0.2) is 11.5 Å². The fourth-order valence-electron chi connectivity index (χ4n) is 3.31. The number of nitrogens with one attached hydrogen (secondary N) is 1. The number of rotatable bonds is 8. The Balaban J connectivity index is 1.72. The maximum absolute atomic E-state index is 12.7. The van der Waals surface area contributed by atoms with Crippen molar-refractivity contribution in [3.05, 3.63) is 52.5 Å². The number of anilines is 1. The molecule has 1 aliphatic rings. The van der Waals surface area contributed by atoms with E-state index >= 15 is 0 Å². The Hall–Kier alpha value is -2.73. The first-order valence-electron chi connectivity index (χ1n) is 10.3. The molecular weight excluding hydrogens is 404 g/mol. The number of hydrogen-bond acceptors (Lipinski definition) is 4. The lowest BCUT2D eigenvalue weighted by molar-refractivity contribution is 0.0792. The molecule has 0 spiro atoms. The fourth-order valence-corrected chi connectivity index (χ4v) is 3.57. The van der Waals surface area contributed by atoms with E-state index in [9.17, 15) is 9.59 Å². The third-order valence-corrected chi connectivity index (χ3v) is 5.09. The zero-order valence-corrected chi connectivity index (χ0v) is 18.1. The molecule has 6 nitrogen and oxygen atoms in total. The van der Waals surface area contributed by atoms with E-state index in [-0.39, 0.29) is 11.8 Å². The van der Waals surface area contributed by atoms with Gasteiger partial charge in [0.2, 0.25) is 0 Å². The zero-order valence-electron chi connectivity index (χ0n) is 17.4. The molecule has 0 atom stereocenters. The quantitative estimate of drug-likeness (QED) is 0.638. The summed E-state index contributed by atoms with van der Waals surface area (Å²) in [6, 6.07) is 10.1. The highest BCUT2D eigenvalue weighted by molar-refractivity contribution is 6.32. The zero-order chi connectivity index (χ0) is 21.5. The second-order valence-electron chi connectivity index (χ2n) is 7.10. The third kappa shape index (κ3) is 5.25. The number of halogens is 1. The van der Waals surface area contributed by atoms with Crippen LogP contribution in [0.4, 0.5) is 5.69 Å². The summed E-state index contributed by atoms with van der Waals surface area (Å²) in [5.41, 5.74) is 1.58. The molecule has 1 fully saturated rings. The average molecular weight is 431 g/mol. The molecule has 7 heteroatoms. The van der Waals surface area contributed by atoms with E-state index in [1.807, 2.05) is 18.7 Å². The lowest BCUT2D eigenvalue weighted by atomic mass is 10.1. The molecule has 0 aliphatic carbocycles. The van der Waals surface area contributed by atoms with Crippen LogP contribution in [0.1, 0.15) is 53.8 Å². The smallest absolute Gasteiger partial charge is 0.255 e. The topological polar surface area (TPSA) is 67.9 Å². The van der Waals surface area contributed by atoms with E-state index in [1.54, 1.807) is 36.4 Å². The summed E-state index contributed by atoms with van der Waals surface area (Å²) >= 11 is 6.34. The fraction of sp³-hybridized carbons (Fsp3) is 0.391. The van der Waals surface area contributed by atoms with Crippen molar-refractivity contribution >= 4 is 29.1 Å². The monoisotopic (exact) mass is 430 g/mol. The summed E-state index contributed by atoms with van der Waals surface area (Å²) in [5.74, 6) is 0.594. The number of carbonyl (C=O) groups is 2. The molecule has 1 N–H and O–H groups in total. The number of likely N-dealkylation sites (tertiary alicyclic amines) is 1. The van der Waals surface area contributed by atoms with Gasteiger partial charge < -0.3 is 19.7 Å². The Bertz CT molecular complexity index is 893. The molecular formula is C23H27ClN2O4. The molecule has 1 aliphatic heterocycles. The van der Waals surface area contributed by atoms with Crippen molar-refractivity contribution in [1.29, 1.82) is 0 Å². The minimum Gasteiger partial charge on any atom is -0.490 e. The van der Waals surface area contributed by atoms with Gasteiger partial charge in [-0.25, -0.2) is 0 Å². The van der Waals surface area contributed by atoms with Gasteiger partial charge in [-0.15, -0.1) is 0 Å². The average Bonchev–Trinajstić information content (AvgIpc) is 3.28. The molecule has 30 heavy (non-hydrogen) atoms. The molecule has 0 saturated carbocycles. The van der Waals surface area contributed by atoms with Gasteiger partial charge >= 0.3 is 0 Å². The lowest BCUT2D eigenvalue weighted by Crippen LogP contribution is -2.27. The highest BCUT2D eigenvalue weighted by Gasteiger charge is 2.20. The van der Waals surface area contributed by atoms with Gasteiger partial charge in [0, 0.05) is 29.9 Å². The van der Waals surface area contributed by atoms with Crippen molar-refractivity contribution in [1.82, 2.24) is 4.90 Å². The van der Waals surface area contributed by atoms with Crippen LogP contribution >= 0.6 is 11.6 Å². The van der Waals surface area contributed by atoms with Crippen LogP contribution in [-0.2, 0) is 0 Å². The first kappa shape index (κ1) is 22.0. The van der Waals surface area contributed by atoms with E-state index in [4.69, 9.17) is 21.1 Å². The summed E-state index contributed by atoms with van der Waals surface area (Å²) in [5, 5.41) is 3.16. The number of amides is 2. The minimum atomic E-state index is -0.321. The predicted molar refractivity (Wildman–Crippen MR) is 118 cm³/mol. The van der Waals surface area contributed by atoms with Crippen molar-refractivity contribution in [2.45, 2.75) is 33.1 Å². The largest absolute Gasteiger partial charge is 0.490 e. The molecule has 1 saturated heterocycles. The summed E-state index contributed by atoms with van der Waals surface area (Å²) < 4.78 is 11.3. The van der Waals surface area contributed by atoms with Gasteiger partial charge in [0.1, 0.15) is 0 Å². The minimum absolute atomic E-state index is 0.0289. The van der Waals surface area contributed by atoms with Crippen LogP contribution in [0.25, 0.3) is 0 Å². The predicted octanol–water partition coefficient (Wildman–Crippen LogP) is 5.02. The molecule has 3 rings (SSSR count). The van der Waals surface area contributed by atoms with Gasteiger partial charge in [0.25, 0.3) is 11.8 Å². The maximum Gasteiger partial charge on any atom is 0.255 e. The third-order valence-electron chi connectivity index (χ3n) is 4.81. The van der Waals surface area contributed by atoms with Crippen LogP contribution in [0, 0.1) is 0 Å². The molecule has 0 unspecified atom stereocenters. The number of benzene rings is 2. The standard InChI is InChI=1S/C23H27ClN2O4/c1-3-13-30-21-19(24)14-17(15-20(21)29-4-2)22(27)25-18-9-7-16(8-10-18)23(28)26-11-5-6-12-26/h7-10,14-15H,3-6,11-13H2,1-2H3,(H,25,27). The summed E-state index contributed by atoms with van der Waals surface area (Å²) in [6.07, 6.45) is 2.93. The van der Waals surface area contributed by atoms with Crippen molar-refractivity contribution < 1.29 is 19.1 Å². The van der Waals surface area contributed by atoms with Crippen LogP contribution < -0.4 is 14.8 Å². The second kappa shape index (κ2) is 10.3. The van der Waals surface area contributed by atoms with E-state index in [0.29, 0.717) is 46.5 Å². The molecule has 160 valence electrons. The van der Waals surface area contributed by atoms with Crippen LogP contribution in [-0.4, -0.2) is 43.0 Å². The van der Waals surface area contributed by atoms with Crippen LogP contribution in [0.5, 0.6) is 11.5 Å². The lowest BCUT2D eigenvalue weighted by Gasteiger charge is -2.16. The molecule has 0 bridgehead atoms. The molecule has 0 radical (unpaired) electrons. The first-order valence-corrected chi connectivity index (χ1v) is 10.7. The van der Waals surface area contributed by atoms with Gasteiger partial charge in [-0.2, -0.15) is 0 Å². The Morgan fingerprint density at radius 3 is 2.37 bits per heavy atom. The van der Waals surface area contributed by atoms with Crippen molar-refractivity contribution in [2.75, 3.05) is 31.6 Å². The SMILES string of the molecule is CCCOc1c(Cl)cc(C(=O)Nc2ccc(C(=O)N3CCCC3)cc2)cc1OCC. The number of ether oxygens (including phenoxy) is 2. The van der Waals surface area contributed by atoms with Crippen molar-refractivity contribution in [3.63, 3.8) is 0 Å². The number of nitrogens with zero attached hydrogens (tertiary/aromatic N) is 1. The Labute approximate surface area is 182 Å². The Morgan fingerprint density at radius 1 is 1.03 bits per heavy atom. The summed E-state index contributed by atoms with van der Waals surface area (Å²) in [6.45, 7) is 6.40. The van der Waals surface area contributed by atoms with Crippen LogP contribution in [0.15, 0.2) is 36.4 Å². The maximum atomic E-state index is 12.7. The van der Waals surface area contributed by atoms with E-state index in [0.717, 1.165) is 32.4 Å². The van der Waals surface area contributed by atoms with Crippen molar-refractivity contribution in [3.8, 4) is 11.5 Å². The van der Waals surface area contributed by atoms with E-state index < -0.39 is 0 Å². The molecule has 2 amide bonds. The number of carbonyl (C=O) groups excluding carboxylic acids is 2. The van der Waals surface area contributed by atoms with Crippen LogP contribution in [0.2, 0.25) is 5.02 Å². The van der Waals surface area contributed by atoms with Crippen LogP contribution in [0.3, 0.4) is 0 Å². The molecule has 2 aromatic carbocycles. The Morgan fingerprint density at radius 2 is 1.73 bits per heavy atom. The molecule has 0 aromatic heterocycles. The normalized spacial score (nSPS) is 13.2. The van der Waals surface area contributed by atoms with Gasteiger partial charge in [-0.3, -0.25) is 9.59 Å². The van der Waals surface area contributed by atoms with Gasteiger partial charge in [0.05, 0.1) is 18.2 Å².